The molecule has 7 heteroatoms. The van der Waals surface area contributed by atoms with Crippen molar-refractivity contribution < 1.29 is 4.74 Å². The van der Waals surface area contributed by atoms with Gasteiger partial charge in [-0.3, -0.25) is 0 Å². The van der Waals surface area contributed by atoms with Crippen molar-refractivity contribution in [3.8, 4) is 11.4 Å². The zero-order valence-corrected chi connectivity index (χ0v) is 14.2. The van der Waals surface area contributed by atoms with Crippen LogP contribution in [0.4, 0.5) is 5.69 Å². The molecule has 0 radical (unpaired) electrons. The predicted octanol–water partition coefficient (Wildman–Crippen LogP) is 2.51. The van der Waals surface area contributed by atoms with Crippen molar-refractivity contribution in [3.05, 3.63) is 66.0 Å². The number of rotatable bonds is 5. The van der Waals surface area contributed by atoms with Gasteiger partial charge in [0, 0.05) is 5.69 Å². The van der Waals surface area contributed by atoms with Crippen LogP contribution in [0.15, 0.2) is 59.7 Å². The largest absolute Gasteiger partial charge is 0.497 e. The molecule has 25 heavy (non-hydrogen) atoms. The third-order valence-electron chi connectivity index (χ3n) is 3.61. The number of nitrogens with two attached hydrogens (primary N) is 1. The van der Waals surface area contributed by atoms with Crippen LogP contribution in [0.5, 0.6) is 5.75 Å². The molecule has 0 aliphatic heterocycles. The number of nitrogens with one attached hydrogen (secondary N) is 1. The summed E-state index contributed by atoms with van der Waals surface area (Å²) in [4.78, 5) is 4.29. The monoisotopic (exact) mass is 336 g/mol. The number of guanidine groups is 1. The highest BCUT2D eigenvalue weighted by molar-refractivity contribution is 5.92. The molecule has 3 N–H and O–H groups in total. The lowest BCUT2D eigenvalue weighted by atomic mass is 10.2. The van der Waals surface area contributed by atoms with E-state index in [0.29, 0.717) is 12.5 Å². The third-order valence-corrected chi connectivity index (χ3v) is 3.61. The maximum atomic E-state index is 5.91. The molecule has 0 saturated heterocycles. The maximum Gasteiger partial charge on any atom is 0.193 e. The van der Waals surface area contributed by atoms with E-state index in [9.17, 15) is 0 Å². The number of hydrogen-bond acceptors (Lipinski definition) is 4. The Hall–Kier alpha value is -3.35. The molecule has 0 aliphatic rings. The molecule has 128 valence electrons. The zero-order chi connectivity index (χ0) is 17.6. The summed E-state index contributed by atoms with van der Waals surface area (Å²) in [7, 11) is 1.63. The first-order valence-electron chi connectivity index (χ1n) is 7.83. The normalized spacial score (nSPS) is 11.4. The topological polar surface area (TPSA) is 90.3 Å². The van der Waals surface area contributed by atoms with Crippen LogP contribution >= 0.6 is 0 Å². The van der Waals surface area contributed by atoms with E-state index >= 15 is 0 Å². The van der Waals surface area contributed by atoms with Gasteiger partial charge in [-0.1, -0.05) is 22.9 Å². The van der Waals surface area contributed by atoms with Crippen LogP contribution in [0, 0.1) is 6.92 Å². The van der Waals surface area contributed by atoms with Gasteiger partial charge in [0.05, 0.1) is 25.5 Å². The fourth-order valence-electron chi connectivity index (χ4n) is 2.22. The second kappa shape index (κ2) is 7.48. The van der Waals surface area contributed by atoms with Crippen molar-refractivity contribution in [3.63, 3.8) is 0 Å². The van der Waals surface area contributed by atoms with Gasteiger partial charge in [-0.2, -0.15) is 0 Å². The summed E-state index contributed by atoms with van der Waals surface area (Å²) in [6.45, 7) is 2.38. The standard InChI is InChI=1S/C18H20N6O/c1-13-3-5-14(6-4-13)21-18(19)20-11-15-12-24(23-22-15)16-7-9-17(25-2)10-8-16/h3-10,12H,11H2,1-2H3,(H3,19,20,21). The second-order valence-corrected chi connectivity index (χ2v) is 5.54. The van der Waals surface area contributed by atoms with E-state index in [2.05, 4.69) is 20.6 Å². The molecule has 0 amide bonds. The van der Waals surface area contributed by atoms with Crippen LogP contribution in [0.1, 0.15) is 11.3 Å². The Morgan fingerprint density at radius 3 is 2.56 bits per heavy atom. The van der Waals surface area contributed by atoms with Gasteiger partial charge in [-0.15, -0.1) is 5.10 Å². The molecule has 7 nitrogen and oxygen atoms in total. The highest BCUT2D eigenvalue weighted by atomic mass is 16.5. The Bertz CT molecular complexity index is 852. The molecule has 3 aromatic rings. The minimum Gasteiger partial charge on any atom is -0.497 e. The van der Waals surface area contributed by atoms with Crippen LogP contribution in [-0.4, -0.2) is 28.1 Å². The minimum atomic E-state index is 0.336. The summed E-state index contributed by atoms with van der Waals surface area (Å²) in [6.07, 6.45) is 1.82. The number of benzene rings is 2. The third kappa shape index (κ3) is 4.35. The molecule has 0 spiro atoms. The Balaban J connectivity index is 1.63. The van der Waals surface area contributed by atoms with E-state index in [1.165, 1.54) is 5.56 Å². The van der Waals surface area contributed by atoms with Gasteiger partial charge in [0.1, 0.15) is 11.4 Å². The van der Waals surface area contributed by atoms with Crippen LogP contribution in [0.3, 0.4) is 0 Å². The first-order valence-corrected chi connectivity index (χ1v) is 7.83. The summed E-state index contributed by atoms with van der Waals surface area (Å²) < 4.78 is 6.83. The molecule has 0 bridgehead atoms. The summed E-state index contributed by atoms with van der Waals surface area (Å²) in [5, 5.41) is 11.3. The van der Waals surface area contributed by atoms with Crippen molar-refractivity contribution in [2.75, 3.05) is 12.4 Å². The van der Waals surface area contributed by atoms with Crippen LogP contribution < -0.4 is 15.8 Å². The minimum absolute atomic E-state index is 0.336. The van der Waals surface area contributed by atoms with Gasteiger partial charge >= 0.3 is 0 Å². The molecule has 0 atom stereocenters. The van der Waals surface area contributed by atoms with Crippen LogP contribution in [0.2, 0.25) is 0 Å². The van der Waals surface area contributed by atoms with E-state index < -0.39 is 0 Å². The van der Waals surface area contributed by atoms with Crippen molar-refractivity contribution >= 4 is 11.6 Å². The number of ether oxygens (including phenoxy) is 1. The molecule has 1 heterocycles. The number of anilines is 1. The Labute approximate surface area is 146 Å². The fourth-order valence-corrected chi connectivity index (χ4v) is 2.22. The fraction of sp³-hybridized carbons (Fsp3) is 0.167. The number of nitrogens with zero attached hydrogens (tertiary/aromatic N) is 4. The smallest absolute Gasteiger partial charge is 0.193 e. The van der Waals surface area contributed by atoms with Gasteiger partial charge in [-0.05, 0) is 43.3 Å². The molecule has 0 aliphatic carbocycles. The van der Waals surface area contributed by atoms with E-state index in [-0.39, 0.29) is 0 Å². The highest BCUT2D eigenvalue weighted by Crippen LogP contribution is 2.14. The molecule has 0 saturated carbocycles. The predicted molar refractivity (Wildman–Crippen MR) is 98.0 cm³/mol. The summed E-state index contributed by atoms with van der Waals surface area (Å²) in [5.74, 6) is 1.13. The number of hydrogen-bond donors (Lipinski definition) is 2. The number of aromatic nitrogens is 3. The molecule has 2 aromatic carbocycles. The molecular formula is C18H20N6O. The lowest BCUT2D eigenvalue weighted by molar-refractivity contribution is 0.414. The molecule has 0 fully saturated rings. The van der Waals surface area contributed by atoms with Gasteiger partial charge in [0.15, 0.2) is 5.96 Å². The quantitative estimate of drug-likeness (QED) is 0.552. The highest BCUT2D eigenvalue weighted by Gasteiger charge is 2.03. The second-order valence-electron chi connectivity index (χ2n) is 5.54. The molecule has 0 unspecified atom stereocenters. The van der Waals surface area contributed by atoms with E-state index in [0.717, 1.165) is 22.8 Å². The number of aryl methyl sites for hydroxylation is 1. The van der Waals surface area contributed by atoms with Crippen LogP contribution in [0.25, 0.3) is 5.69 Å². The van der Waals surface area contributed by atoms with Gasteiger partial charge < -0.3 is 15.8 Å². The zero-order valence-electron chi connectivity index (χ0n) is 14.2. The van der Waals surface area contributed by atoms with E-state index in [4.69, 9.17) is 10.5 Å². The van der Waals surface area contributed by atoms with Gasteiger partial charge in [0.2, 0.25) is 0 Å². The van der Waals surface area contributed by atoms with Crippen molar-refractivity contribution in [1.29, 1.82) is 0 Å². The maximum absolute atomic E-state index is 5.91. The van der Waals surface area contributed by atoms with E-state index in [1.807, 2.05) is 61.7 Å². The molecular weight excluding hydrogens is 316 g/mol. The van der Waals surface area contributed by atoms with Crippen molar-refractivity contribution in [2.45, 2.75) is 13.5 Å². The Morgan fingerprint density at radius 1 is 1.16 bits per heavy atom. The lowest BCUT2D eigenvalue weighted by Crippen LogP contribution is -2.22. The lowest BCUT2D eigenvalue weighted by Gasteiger charge is -2.05. The average Bonchev–Trinajstić information content (AvgIpc) is 3.11. The van der Waals surface area contributed by atoms with Crippen molar-refractivity contribution in [2.24, 2.45) is 10.7 Å². The van der Waals surface area contributed by atoms with Crippen molar-refractivity contribution in [1.82, 2.24) is 15.0 Å². The van der Waals surface area contributed by atoms with Gasteiger partial charge in [-0.25, -0.2) is 9.67 Å². The number of methoxy groups -OCH3 is 1. The SMILES string of the molecule is COc1ccc(-n2cc(CN=C(N)Nc3ccc(C)cc3)nn2)cc1. The molecule has 3 rings (SSSR count). The Morgan fingerprint density at radius 2 is 1.88 bits per heavy atom. The van der Waals surface area contributed by atoms with Crippen LogP contribution in [-0.2, 0) is 6.54 Å². The van der Waals surface area contributed by atoms with Gasteiger partial charge in [0.25, 0.3) is 0 Å². The van der Waals surface area contributed by atoms with E-state index in [1.54, 1.807) is 11.8 Å². The first-order chi connectivity index (χ1) is 12.1. The number of aliphatic imine (C=N–C) groups is 1. The first kappa shape index (κ1) is 16.5. The summed E-state index contributed by atoms with van der Waals surface area (Å²) in [5.41, 5.74) is 9.62. The Kier molecular flexibility index (Phi) is 4.94. The summed E-state index contributed by atoms with van der Waals surface area (Å²) in [6, 6.07) is 15.5. The average molecular weight is 336 g/mol. The molecule has 1 aromatic heterocycles. The summed E-state index contributed by atoms with van der Waals surface area (Å²) >= 11 is 0.